The van der Waals surface area contributed by atoms with Gasteiger partial charge < -0.3 is 19.4 Å². The number of pyridine rings is 1. The molecule has 2 aliphatic heterocycles. The topological polar surface area (TPSA) is 61.6 Å². The lowest BCUT2D eigenvalue weighted by molar-refractivity contribution is 0.140. The summed E-state index contributed by atoms with van der Waals surface area (Å²) in [6, 6.07) is 7.75. The minimum Gasteiger partial charge on any atom is -0.366 e. The molecule has 0 radical (unpaired) electrons. The van der Waals surface area contributed by atoms with E-state index < -0.39 is 24.8 Å². The predicted octanol–water partition coefficient (Wildman–Crippen LogP) is 5.51. The number of imidazole rings is 1. The maximum atomic E-state index is 15.2. The fourth-order valence-corrected chi connectivity index (χ4v) is 5.46. The molecule has 182 valence electrons. The summed E-state index contributed by atoms with van der Waals surface area (Å²) in [5.74, 6) is -0.540. The number of halogens is 1. The van der Waals surface area contributed by atoms with E-state index in [4.69, 9.17) is 5.48 Å². The van der Waals surface area contributed by atoms with E-state index in [9.17, 15) is 4.79 Å². The summed E-state index contributed by atoms with van der Waals surface area (Å²) in [7, 11) is 0. The molecule has 6 heterocycles. The normalized spacial score (nSPS) is 20.6. The van der Waals surface area contributed by atoms with Gasteiger partial charge in [-0.2, -0.15) is 0 Å². The first-order chi connectivity index (χ1) is 19.2. The predicted molar refractivity (Wildman–Crippen MR) is 137 cm³/mol. The van der Waals surface area contributed by atoms with Gasteiger partial charge >= 0.3 is 6.03 Å². The Bertz CT molecular complexity index is 1780. The van der Waals surface area contributed by atoms with Crippen molar-refractivity contribution in [2.45, 2.75) is 32.3 Å². The Morgan fingerprint density at radius 1 is 1.03 bits per heavy atom. The number of likely N-dealkylation sites (tertiary alicyclic amines) is 1. The van der Waals surface area contributed by atoms with Gasteiger partial charge in [-0.25, -0.2) is 14.2 Å². The summed E-state index contributed by atoms with van der Waals surface area (Å²) in [6.07, 6.45) is 11.4. The Hall–Kier alpha value is -4.07. The van der Waals surface area contributed by atoms with Gasteiger partial charge in [-0.1, -0.05) is 6.07 Å². The van der Waals surface area contributed by atoms with Gasteiger partial charge in [0, 0.05) is 79.5 Å². The minimum absolute atomic E-state index is 0.257. The van der Waals surface area contributed by atoms with Crippen molar-refractivity contribution in [1.82, 2.24) is 28.7 Å². The second kappa shape index (κ2) is 8.26. The quantitative estimate of drug-likeness (QED) is 0.358. The summed E-state index contributed by atoms with van der Waals surface area (Å²) in [5.41, 5.74) is 4.31. The molecule has 0 atom stereocenters. The molecule has 0 aliphatic carbocycles. The number of nitrogens with one attached hydrogen (secondary N) is 1. The van der Waals surface area contributed by atoms with Crippen LogP contribution < -0.4 is 0 Å². The molecule has 0 spiro atoms. The number of piperidine rings is 1. The van der Waals surface area contributed by atoms with Gasteiger partial charge in [0.05, 0.1) is 22.9 Å². The van der Waals surface area contributed by atoms with Gasteiger partial charge in [-0.3, -0.25) is 4.40 Å². The van der Waals surface area contributed by atoms with Crippen LogP contribution in [0.4, 0.5) is 9.18 Å². The molecule has 2 amide bonds. The smallest absolute Gasteiger partial charge is 0.320 e. The average Bonchev–Trinajstić information content (AvgIpc) is 3.67. The molecule has 1 saturated heterocycles. The zero-order valence-corrected chi connectivity index (χ0v) is 19.5. The highest BCUT2D eigenvalue weighted by atomic mass is 19.1. The number of rotatable bonds is 2. The van der Waals surface area contributed by atoms with Crippen molar-refractivity contribution in [2.24, 2.45) is 0 Å². The number of aromatic nitrogens is 4. The number of aromatic amines is 1. The van der Waals surface area contributed by atoms with Crippen molar-refractivity contribution in [3.63, 3.8) is 0 Å². The number of aryl methyl sites for hydroxylation is 1. The van der Waals surface area contributed by atoms with Crippen molar-refractivity contribution < 1.29 is 14.7 Å². The largest absolute Gasteiger partial charge is 0.366 e. The lowest BCUT2D eigenvalue weighted by Gasteiger charge is -2.32. The molecule has 0 saturated carbocycles. The number of fused-ring (bicyclic) bond motifs is 1. The number of urea groups is 1. The van der Waals surface area contributed by atoms with Crippen LogP contribution in [0.1, 0.15) is 30.3 Å². The fourth-order valence-electron chi connectivity index (χ4n) is 5.46. The Kier molecular flexibility index (Phi) is 3.98. The average molecular weight is 487 g/mol. The van der Waals surface area contributed by atoms with Gasteiger partial charge in [0.25, 0.3) is 0 Å². The van der Waals surface area contributed by atoms with Crippen LogP contribution in [-0.2, 0) is 13.0 Å². The number of amides is 2. The molecule has 1 aromatic carbocycles. The van der Waals surface area contributed by atoms with E-state index in [-0.39, 0.29) is 6.54 Å². The van der Waals surface area contributed by atoms with Crippen LogP contribution in [0.5, 0.6) is 0 Å². The first-order valence-electron chi connectivity index (χ1n) is 14.2. The molecule has 5 aromatic rings. The minimum atomic E-state index is -2.72. The van der Waals surface area contributed by atoms with E-state index in [0.717, 1.165) is 41.1 Å². The van der Waals surface area contributed by atoms with Crippen molar-refractivity contribution in [1.29, 1.82) is 0 Å². The highest BCUT2D eigenvalue weighted by Gasteiger charge is 2.28. The monoisotopic (exact) mass is 486 g/mol. The van der Waals surface area contributed by atoms with Crippen LogP contribution in [0.15, 0.2) is 61.3 Å². The first kappa shape index (κ1) is 17.4. The van der Waals surface area contributed by atoms with Crippen molar-refractivity contribution >= 4 is 22.6 Å². The van der Waals surface area contributed by atoms with Crippen LogP contribution in [0.2, 0.25) is 0 Å². The zero-order chi connectivity index (χ0) is 27.8. The molecular formula is C28H27FN6O. The third-order valence-electron chi connectivity index (χ3n) is 7.16. The molecule has 1 N–H and O–H groups in total. The summed E-state index contributed by atoms with van der Waals surface area (Å²) in [5, 5.41) is 0.441. The number of hydrogen-bond acceptors (Lipinski definition) is 2. The SMILES string of the molecule is [2H]C1([2H])N(C(=O)N2CCCCC2)Cc2cc(F)cc3c(-c4c[nH]cc4-c4cnc5ccccn45)cn(c23)C1([2H])[2H]. The molecule has 4 aromatic heterocycles. The summed E-state index contributed by atoms with van der Waals surface area (Å²) in [4.78, 5) is 23.7. The molecule has 7 nitrogen and oxygen atoms in total. The van der Waals surface area contributed by atoms with Gasteiger partial charge in [-0.05, 0) is 49.1 Å². The molecule has 8 heteroatoms. The highest BCUT2D eigenvalue weighted by Crippen LogP contribution is 2.40. The molecule has 36 heavy (non-hydrogen) atoms. The van der Waals surface area contributed by atoms with E-state index in [0.29, 0.717) is 40.7 Å². The van der Waals surface area contributed by atoms with Crippen LogP contribution >= 0.6 is 0 Å². The second-order valence-corrected chi connectivity index (χ2v) is 9.37. The maximum Gasteiger partial charge on any atom is 0.320 e. The summed E-state index contributed by atoms with van der Waals surface area (Å²) in [6.45, 7) is -4.65. The van der Waals surface area contributed by atoms with E-state index in [1.54, 1.807) is 17.3 Å². The van der Waals surface area contributed by atoms with Crippen molar-refractivity contribution in [3.05, 3.63) is 72.7 Å². The lowest BCUT2D eigenvalue weighted by Crippen LogP contribution is -2.45. The first-order valence-corrected chi connectivity index (χ1v) is 12.2. The third kappa shape index (κ3) is 3.31. The van der Waals surface area contributed by atoms with Gasteiger partial charge in [0.1, 0.15) is 11.5 Å². The number of hydrogen-bond donors (Lipinski definition) is 1. The fraction of sp³-hybridized carbons (Fsp3) is 0.286. The highest BCUT2D eigenvalue weighted by molar-refractivity contribution is 6.01. The Morgan fingerprint density at radius 3 is 2.78 bits per heavy atom. The number of benzene rings is 1. The van der Waals surface area contributed by atoms with E-state index in [1.165, 1.54) is 22.9 Å². The van der Waals surface area contributed by atoms with Gasteiger partial charge in [-0.15, -0.1) is 0 Å². The van der Waals surface area contributed by atoms with Crippen molar-refractivity contribution in [3.8, 4) is 22.4 Å². The Labute approximate surface area is 213 Å². The second-order valence-electron chi connectivity index (χ2n) is 9.37. The molecule has 0 unspecified atom stereocenters. The van der Waals surface area contributed by atoms with Crippen LogP contribution in [-0.4, -0.2) is 54.4 Å². The van der Waals surface area contributed by atoms with Crippen molar-refractivity contribution in [2.75, 3.05) is 19.6 Å². The Balaban J connectivity index is 1.42. The van der Waals surface area contributed by atoms with E-state index in [2.05, 4.69) is 9.97 Å². The molecule has 2 aliphatic rings. The molecule has 1 fully saturated rings. The number of carbonyl (C=O) groups is 1. The lowest BCUT2D eigenvalue weighted by atomic mass is 10.0. The maximum absolute atomic E-state index is 15.2. The Morgan fingerprint density at radius 2 is 1.89 bits per heavy atom. The molecular weight excluding hydrogens is 455 g/mol. The van der Waals surface area contributed by atoms with Crippen LogP contribution in [0, 0.1) is 5.82 Å². The molecule has 7 rings (SSSR count). The third-order valence-corrected chi connectivity index (χ3v) is 7.16. The number of carbonyl (C=O) groups excluding carboxylic acids is 1. The zero-order valence-electron chi connectivity index (χ0n) is 23.5. The van der Waals surface area contributed by atoms with Gasteiger partial charge in [0.2, 0.25) is 0 Å². The van der Waals surface area contributed by atoms with Crippen LogP contribution in [0.3, 0.4) is 0 Å². The van der Waals surface area contributed by atoms with E-state index >= 15 is 4.39 Å². The summed E-state index contributed by atoms with van der Waals surface area (Å²) < 4.78 is 54.3. The number of H-pyrrole nitrogens is 1. The summed E-state index contributed by atoms with van der Waals surface area (Å²) >= 11 is 0. The van der Waals surface area contributed by atoms with Gasteiger partial charge in [0.15, 0.2) is 0 Å². The van der Waals surface area contributed by atoms with Crippen LogP contribution in [0.25, 0.3) is 38.9 Å². The molecule has 0 bridgehead atoms. The standard InChI is InChI=1S/C28H27FN6O/c29-20-12-19-17-34(28(36)32-7-3-1-4-8-32)11-10-33-18-24(21(13-20)27(19)33)22-14-30-15-23(22)25-16-31-26-6-2-5-9-35(25)26/h2,5-6,9,12-16,18,30H,1,3-4,7-8,10-11,17H2/i10D2,11D2. The number of nitrogens with zero attached hydrogens (tertiary/aromatic N) is 5. The van der Waals surface area contributed by atoms with E-state index in [1.807, 2.05) is 35.0 Å².